The fourth-order valence-electron chi connectivity index (χ4n) is 2.95. The molecule has 2 heteroatoms. The molecule has 1 aromatic carbocycles. The van der Waals surface area contributed by atoms with E-state index < -0.39 is 0 Å². The van der Waals surface area contributed by atoms with Gasteiger partial charge in [-0.05, 0) is 50.1 Å². The first kappa shape index (κ1) is 15.5. The molecule has 2 atom stereocenters. The van der Waals surface area contributed by atoms with Crippen molar-refractivity contribution >= 4 is 0 Å². The molecule has 20 heavy (non-hydrogen) atoms. The molecule has 2 unspecified atom stereocenters. The number of nitrogens with one attached hydrogen (secondary N) is 1. The van der Waals surface area contributed by atoms with E-state index >= 15 is 0 Å². The van der Waals surface area contributed by atoms with Crippen LogP contribution in [0.4, 0.5) is 0 Å². The SMILES string of the molecule is CC(C)CC(NCCC1CCCCO1)c1ccccc1. The van der Waals surface area contributed by atoms with Gasteiger partial charge < -0.3 is 10.1 Å². The lowest BCUT2D eigenvalue weighted by Crippen LogP contribution is -2.28. The summed E-state index contributed by atoms with van der Waals surface area (Å²) in [5, 5.41) is 3.73. The van der Waals surface area contributed by atoms with Crippen LogP contribution in [0.1, 0.15) is 57.6 Å². The third-order valence-corrected chi connectivity index (χ3v) is 4.04. The zero-order chi connectivity index (χ0) is 14.2. The van der Waals surface area contributed by atoms with Crippen molar-refractivity contribution in [1.29, 1.82) is 0 Å². The van der Waals surface area contributed by atoms with Gasteiger partial charge in [-0.15, -0.1) is 0 Å². The maximum absolute atomic E-state index is 5.81. The highest BCUT2D eigenvalue weighted by Gasteiger charge is 2.16. The fraction of sp³-hybridized carbons (Fsp3) is 0.667. The summed E-state index contributed by atoms with van der Waals surface area (Å²) < 4.78 is 5.81. The average molecular weight is 275 g/mol. The molecule has 1 saturated heterocycles. The van der Waals surface area contributed by atoms with Crippen LogP contribution in [0, 0.1) is 5.92 Å². The zero-order valence-electron chi connectivity index (χ0n) is 13.0. The molecule has 0 saturated carbocycles. The highest BCUT2D eigenvalue weighted by atomic mass is 16.5. The molecular formula is C18H29NO. The molecule has 2 rings (SSSR count). The lowest BCUT2D eigenvalue weighted by Gasteiger charge is -2.25. The van der Waals surface area contributed by atoms with Gasteiger partial charge in [0, 0.05) is 12.6 Å². The molecule has 1 fully saturated rings. The molecule has 0 aromatic heterocycles. The molecule has 0 radical (unpaired) electrons. The summed E-state index contributed by atoms with van der Waals surface area (Å²) in [6, 6.07) is 11.3. The smallest absolute Gasteiger partial charge is 0.0587 e. The summed E-state index contributed by atoms with van der Waals surface area (Å²) >= 11 is 0. The van der Waals surface area contributed by atoms with E-state index in [1.807, 2.05) is 0 Å². The highest BCUT2D eigenvalue weighted by molar-refractivity contribution is 5.18. The van der Waals surface area contributed by atoms with Crippen LogP contribution in [0.5, 0.6) is 0 Å². The number of rotatable bonds is 7. The second-order valence-electron chi connectivity index (χ2n) is 6.32. The van der Waals surface area contributed by atoms with E-state index in [0.717, 1.165) is 19.6 Å². The van der Waals surface area contributed by atoms with Gasteiger partial charge in [-0.2, -0.15) is 0 Å². The van der Waals surface area contributed by atoms with E-state index in [0.29, 0.717) is 18.1 Å². The van der Waals surface area contributed by atoms with Gasteiger partial charge in [0.15, 0.2) is 0 Å². The Kier molecular flexibility index (Phi) is 6.55. The summed E-state index contributed by atoms with van der Waals surface area (Å²) in [6.45, 7) is 6.60. The van der Waals surface area contributed by atoms with E-state index in [1.54, 1.807) is 0 Å². The van der Waals surface area contributed by atoms with Crippen molar-refractivity contribution in [2.45, 2.75) is 58.1 Å². The topological polar surface area (TPSA) is 21.3 Å². The minimum absolute atomic E-state index is 0.472. The minimum Gasteiger partial charge on any atom is -0.378 e. The second kappa shape index (κ2) is 8.43. The third kappa shape index (κ3) is 5.26. The fourth-order valence-corrected chi connectivity index (χ4v) is 2.95. The van der Waals surface area contributed by atoms with Gasteiger partial charge in [0.2, 0.25) is 0 Å². The summed E-state index contributed by atoms with van der Waals surface area (Å²) in [4.78, 5) is 0. The molecule has 112 valence electrons. The molecule has 0 bridgehead atoms. The quantitative estimate of drug-likeness (QED) is 0.800. The van der Waals surface area contributed by atoms with Crippen molar-refractivity contribution in [3.8, 4) is 0 Å². The first-order valence-corrected chi connectivity index (χ1v) is 8.15. The van der Waals surface area contributed by atoms with E-state index in [9.17, 15) is 0 Å². The van der Waals surface area contributed by atoms with Crippen LogP contribution >= 0.6 is 0 Å². The molecule has 1 aliphatic rings. The van der Waals surface area contributed by atoms with Gasteiger partial charge in [-0.25, -0.2) is 0 Å². The largest absolute Gasteiger partial charge is 0.378 e. The molecule has 1 aliphatic heterocycles. The van der Waals surface area contributed by atoms with Crippen LogP contribution < -0.4 is 5.32 Å². The first-order valence-electron chi connectivity index (χ1n) is 8.15. The van der Waals surface area contributed by atoms with Gasteiger partial charge in [-0.3, -0.25) is 0 Å². The van der Waals surface area contributed by atoms with Crippen molar-refractivity contribution in [1.82, 2.24) is 5.32 Å². The van der Waals surface area contributed by atoms with Gasteiger partial charge in [-0.1, -0.05) is 44.2 Å². The Hall–Kier alpha value is -0.860. The summed E-state index contributed by atoms with van der Waals surface area (Å²) in [6.07, 6.45) is 6.62. The van der Waals surface area contributed by atoms with Crippen LogP contribution in [0.25, 0.3) is 0 Å². The lowest BCUT2D eigenvalue weighted by molar-refractivity contribution is 0.0111. The Balaban J connectivity index is 1.81. The predicted molar refractivity (Wildman–Crippen MR) is 84.8 cm³/mol. The van der Waals surface area contributed by atoms with E-state index in [4.69, 9.17) is 4.74 Å². The normalized spacial score (nSPS) is 21.1. The van der Waals surface area contributed by atoms with Gasteiger partial charge in [0.1, 0.15) is 0 Å². The second-order valence-corrected chi connectivity index (χ2v) is 6.32. The maximum atomic E-state index is 5.81. The average Bonchev–Trinajstić information content (AvgIpc) is 2.48. The molecular weight excluding hydrogens is 246 g/mol. The van der Waals surface area contributed by atoms with Crippen LogP contribution in [0.15, 0.2) is 30.3 Å². The standard InChI is InChI=1S/C18H29NO/c1-15(2)14-18(16-8-4-3-5-9-16)19-12-11-17-10-6-7-13-20-17/h3-5,8-9,15,17-19H,6-7,10-14H2,1-2H3. The van der Waals surface area contributed by atoms with Crippen molar-refractivity contribution in [3.63, 3.8) is 0 Å². The van der Waals surface area contributed by atoms with Crippen molar-refractivity contribution in [3.05, 3.63) is 35.9 Å². The third-order valence-electron chi connectivity index (χ3n) is 4.04. The Labute approximate surface area is 123 Å². The number of ether oxygens (including phenoxy) is 1. The Morgan fingerprint density at radius 3 is 2.65 bits per heavy atom. The van der Waals surface area contributed by atoms with Crippen LogP contribution in [0.2, 0.25) is 0 Å². The van der Waals surface area contributed by atoms with Crippen LogP contribution in [-0.2, 0) is 4.74 Å². The molecule has 1 heterocycles. The Bertz CT molecular complexity index is 357. The van der Waals surface area contributed by atoms with Gasteiger partial charge in [0.05, 0.1) is 6.10 Å². The van der Waals surface area contributed by atoms with Crippen molar-refractivity contribution < 1.29 is 4.74 Å². The monoisotopic (exact) mass is 275 g/mol. The summed E-state index contributed by atoms with van der Waals surface area (Å²) in [5.41, 5.74) is 1.41. The zero-order valence-corrected chi connectivity index (χ0v) is 13.0. The summed E-state index contributed by atoms with van der Waals surface area (Å²) in [7, 11) is 0. The van der Waals surface area contributed by atoms with E-state index in [1.165, 1.54) is 31.2 Å². The maximum Gasteiger partial charge on any atom is 0.0587 e. The molecule has 2 nitrogen and oxygen atoms in total. The van der Waals surface area contributed by atoms with Crippen molar-refractivity contribution in [2.24, 2.45) is 5.92 Å². The lowest BCUT2D eigenvalue weighted by atomic mass is 9.96. The van der Waals surface area contributed by atoms with Gasteiger partial charge >= 0.3 is 0 Å². The van der Waals surface area contributed by atoms with Gasteiger partial charge in [0.25, 0.3) is 0 Å². The minimum atomic E-state index is 0.472. The molecule has 1 aromatic rings. The number of benzene rings is 1. The number of hydrogen-bond acceptors (Lipinski definition) is 2. The Morgan fingerprint density at radius 1 is 1.20 bits per heavy atom. The molecule has 0 aliphatic carbocycles. The molecule has 1 N–H and O–H groups in total. The summed E-state index contributed by atoms with van der Waals surface area (Å²) in [5.74, 6) is 0.707. The molecule has 0 amide bonds. The van der Waals surface area contributed by atoms with E-state index in [2.05, 4.69) is 49.5 Å². The molecule has 0 spiro atoms. The van der Waals surface area contributed by atoms with Crippen LogP contribution in [-0.4, -0.2) is 19.3 Å². The van der Waals surface area contributed by atoms with Crippen LogP contribution in [0.3, 0.4) is 0 Å². The highest BCUT2D eigenvalue weighted by Crippen LogP contribution is 2.21. The Morgan fingerprint density at radius 2 is 2.00 bits per heavy atom. The number of hydrogen-bond donors (Lipinski definition) is 1. The van der Waals surface area contributed by atoms with Crippen molar-refractivity contribution in [2.75, 3.05) is 13.2 Å². The predicted octanol–water partition coefficient (Wildman–Crippen LogP) is 4.32. The first-order chi connectivity index (χ1) is 9.75. The van der Waals surface area contributed by atoms with E-state index in [-0.39, 0.29) is 0 Å².